The van der Waals surface area contributed by atoms with E-state index in [0.717, 1.165) is 4.31 Å². The average Bonchev–Trinajstić information content (AvgIpc) is 1.95. The molecule has 0 radical (unpaired) electrons. The van der Waals surface area contributed by atoms with Gasteiger partial charge in [-0.15, -0.1) is 0 Å². The molecule has 0 aromatic heterocycles. The summed E-state index contributed by atoms with van der Waals surface area (Å²) >= 11 is 0. The monoisotopic (exact) mass is 261 g/mol. The van der Waals surface area contributed by atoms with Crippen LogP contribution in [0.3, 0.4) is 0 Å². The lowest BCUT2D eigenvalue weighted by molar-refractivity contribution is -0.176. The zero-order valence-electron chi connectivity index (χ0n) is 8.21. The number of hydrogen-bond acceptors (Lipinski definition) is 3. The molecule has 0 aromatic rings. The van der Waals surface area contributed by atoms with E-state index in [2.05, 4.69) is 0 Å². The molecule has 1 heterocycles. The maximum absolute atomic E-state index is 11.9. The lowest BCUT2D eigenvalue weighted by Crippen LogP contribution is -2.71. The number of rotatable bonds is 2. The molecule has 0 spiro atoms. The molecule has 6 nitrogen and oxygen atoms in total. The van der Waals surface area contributed by atoms with Gasteiger partial charge in [-0.2, -0.15) is 25.9 Å². The zero-order valence-corrected chi connectivity index (χ0v) is 9.02. The highest BCUT2D eigenvalue weighted by molar-refractivity contribution is 7.86. The van der Waals surface area contributed by atoms with Crippen LogP contribution in [-0.4, -0.2) is 43.4 Å². The largest absolute Gasteiger partial charge is 0.471 e. The van der Waals surface area contributed by atoms with Crippen molar-refractivity contribution in [3.8, 4) is 0 Å². The Morgan fingerprint density at radius 3 is 2.19 bits per heavy atom. The Bertz CT molecular complexity index is 399. The van der Waals surface area contributed by atoms with Crippen molar-refractivity contribution >= 4 is 16.1 Å². The molecule has 1 aliphatic rings. The highest BCUT2D eigenvalue weighted by Gasteiger charge is 2.49. The molecule has 1 fully saturated rings. The van der Waals surface area contributed by atoms with E-state index in [9.17, 15) is 26.4 Å². The Morgan fingerprint density at radius 2 is 1.88 bits per heavy atom. The van der Waals surface area contributed by atoms with Crippen molar-refractivity contribution in [2.24, 2.45) is 5.14 Å². The van der Waals surface area contributed by atoms with E-state index >= 15 is 0 Å². The SMILES string of the molecule is CC1(NC(=O)C(F)(F)F)CN(S(N)(=O)=O)C1. The quantitative estimate of drug-likeness (QED) is 0.663. The second-order valence-electron chi connectivity index (χ2n) is 3.83. The van der Waals surface area contributed by atoms with Crippen molar-refractivity contribution in [3.63, 3.8) is 0 Å². The fourth-order valence-corrected chi connectivity index (χ4v) is 2.27. The van der Waals surface area contributed by atoms with Crippen molar-refractivity contribution in [2.75, 3.05) is 13.1 Å². The van der Waals surface area contributed by atoms with Crippen LogP contribution in [0.25, 0.3) is 0 Å². The fourth-order valence-electron chi connectivity index (χ4n) is 1.34. The third kappa shape index (κ3) is 2.83. The maximum Gasteiger partial charge on any atom is 0.471 e. The van der Waals surface area contributed by atoms with Gasteiger partial charge < -0.3 is 5.32 Å². The first-order chi connectivity index (χ1) is 6.94. The first-order valence-electron chi connectivity index (χ1n) is 4.11. The number of carbonyl (C=O) groups excluding carboxylic acids is 1. The molecule has 1 aliphatic heterocycles. The van der Waals surface area contributed by atoms with Crippen LogP contribution in [0.4, 0.5) is 13.2 Å². The standard InChI is InChI=1S/C6H10F3N3O3S/c1-5(11-4(13)6(7,8)9)2-12(3-5)16(10,14)15/h2-3H2,1H3,(H,11,13)(H2,10,14,15). The summed E-state index contributed by atoms with van der Waals surface area (Å²) in [6, 6.07) is 0. The molecule has 3 N–H and O–H groups in total. The van der Waals surface area contributed by atoms with Gasteiger partial charge in [-0.1, -0.05) is 0 Å². The lowest BCUT2D eigenvalue weighted by atomic mass is 9.95. The number of hydrogen-bond donors (Lipinski definition) is 2. The summed E-state index contributed by atoms with van der Waals surface area (Å²) in [7, 11) is -3.91. The van der Waals surface area contributed by atoms with E-state index in [1.165, 1.54) is 6.92 Å². The molecule has 1 saturated heterocycles. The van der Waals surface area contributed by atoms with Gasteiger partial charge in [-0.3, -0.25) is 4.79 Å². The van der Waals surface area contributed by atoms with Gasteiger partial charge in [-0.25, -0.2) is 5.14 Å². The minimum atomic E-state index is -4.98. The second-order valence-corrected chi connectivity index (χ2v) is 5.37. The van der Waals surface area contributed by atoms with Crippen LogP contribution in [0.2, 0.25) is 0 Å². The zero-order chi connectivity index (χ0) is 12.8. The van der Waals surface area contributed by atoms with Gasteiger partial charge in [0.05, 0.1) is 5.54 Å². The number of nitrogens with zero attached hydrogens (tertiary/aromatic N) is 1. The summed E-state index contributed by atoms with van der Waals surface area (Å²) in [5, 5.41) is 6.45. The Hall–Kier alpha value is -0.870. The number of halogens is 3. The van der Waals surface area contributed by atoms with Crippen LogP contribution in [0, 0.1) is 0 Å². The topological polar surface area (TPSA) is 92.5 Å². The number of carbonyl (C=O) groups is 1. The molecule has 1 amide bonds. The van der Waals surface area contributed by atoms with Gasteiger partial charge in [0.2, 0.25) is 0 Å². The van der Waals surface area contributed by atoms with Gasteiger partial charge in [0.1, 0.15) is 0 Å². The summed E-state index contributed by atoms with van der Waals surface area (Å²) in [6.45, 7) is 0.764. The van der Waals surface area contributed by atoms with Crippen molar-refractivity contribution < 1.29 is 26.4 Å². The third-order valence-electron chi connectivity index (χ3n) is 2.08. The fraction of sp³-hybridized carbons (Fsp3) is 0.833. The second kappa shape index (κ2) is 3.57. The number of nitrogens with two attached hydrogens (primary N) is 1. The summed E-state index contributed by atoms with van der Waals surface area (Å²) in [5.74, 6) is -2.09. The Labute approximate surface area is 89.8 Å². The molecule has 10 heteroatoms. The van der Waals surface area contributed by atoms with E-state index in [-0.39, 0.29) is 13.1 Å². The molecular formula is C6H10F3N3O3S. The van der Waals surface area contributed by atoms with Crippen molar-refractivity contribution in [1.29, 1.82) is 0 Å². The summed E-state index contributed by atoms with van der Waals surface area (Å²) in [5.41, 5.74) is -1.22. The molecular weight excluding hydrogens is 251 g/mol. The molecule has 0 aromatic carbocycles. The van der Waals surface area contributed by atoms with Crippen molar-refractivity contribution in [1.82, 2.24) is 9.62 Å². The number of nitrogens with one attached hydrogen (secondary N) is 1. The predicted octanol–water partition coefficient (Wildman–Crippen LogP) is -1.06. The summed E-state index contributed by atoms with van der Waals surface area (Å²) < 4.78 is 58.0. The first kappa shape index (κ1) is 13.2. The highest BCUT2D eigenvalue weighted by atomic mass is 32.2. The van der Waals surface area contributed by atoms with Crippen LogP contribution in [-0.2, 0) is 15.0 Å². The van der Waals surface area contributed by atoms with E-state index in [4.69, 9.17) is 5.14 Å². The Kier molecular flexibility index (Phi) is 2.94. The van der Waals surface area contributed by atoms with Gasteiger partial charge in [-0.05, 0) is 6.92 Å². The number of amides is 1. The van der Waals surface area contributed by atoms with Gasteiger partial charge in [0.25, 0.3) is 10.2 Å². The normalized spacial score (nSPS) is 21.3. The van der Waals surface area contributed by atoms with Crippen molar-refractivity contribution in [3.05, 3.63) is 0 Å². The first-order valence-corrected chi connectivity index (χ1v) is 5.62. The minimum Gasteiger partial charge on any atom is -0.340 e. The lowest BCUT2D eigenvalue weighted by Gasteiger charge is -2.46. The van der Waals surface area contributed by atoms with E-state index < -0.39 is 27.8 Å². The number of alkyl halides is 3. The Balaban J connectivity index is 2.58. The van der Waals surface area contributed by atoms with Crippen LogP contribution in [0.15, 0.2) is 0 Å². The van der Waals surface area contributed by atoms with Gasteiger partial charge >= 0.3 is 12.1 Å². The van der Waals surface area contributed by atoms with Crippen molar-refractivity contribution in [2.45, 2.75) is 18.6 Å². The van der Waals surface area contributed by atoms with Gasteiger partial charge in [0, 0.05) is 13.1 Å². The molecule has 0 aliphatic carbocycles. The predicted molar refractivity (Wildman–Crippen MR) is 47.3 cm³/mol. The Morgan fingerprint density at radius 1 is 1.44 bits per heavy atom. The van der Waals surface area contributed by atoms with Crippen LogP contribution in [0.5, 0.6) is 0 Å². The van der Waals surface area contributed by atoms with Crippen LogP contribution < -0.4 is 10.5 Å². The molecule has 16 heavy (non-hydrogen) atoms. The highest BCUT2D eigenvalue weighted by Crippen LogP contribution is 2.24. The van der Waals surface area contributed by atoms with E-state index in [1.807, 2.05) is 0 Å². The van der Waals surface area contributed by atoms with Crippen LogP contribution in [0.1, 0.15) is 6.92 Å². The summed E-state index contributed by atoms with van der Waals surface area (Å²) in [6.07, 6.45) is -4.98. The molecule has 0 bridgehead atoms. The molecule has 0 unspecified atom stereocenters. The molecule has 1 rings (SSSR count). The minimum absolute atomic E-state index is 0.270. The maximum atomic E-state index is 11.9. The third-order valence-corrected chi connectivity index (χ3v) is 3.06. The van der Waals surface area contributed by atoms with Crippen LogP contribution >= 0.6 is 0 Å². The molecule has 0 saturated carbocycles. The van der Waals surface area contributed by atoms with Gasteiger partial charge in [0.15, 0.2) is 0 Å². The smallest absolute Gasteiger partial charge is 0.340 e. The average molecular weight is 261 g/mol. The molecule has 0 atom stereocenters. The molecule has 94 valence electrons. The summed E-state index contributed by atoms with van der Waals surface area (Å²) in [4.78, 5) is 10.6. The van der Waals surface area contributed by atoms with E-state index in [0.29, 0.717) is 0 Å². The van der Waals surface area contributed by atoms with E-state index in [1.54, 1.807) is 5.32 Å².